The minimum Gasteiger partial charge on any atom is -0.349 e. The van der Waals surface area contributed by atoms with Crippen LogP contribution in [-0.2, 0) is 6.54 Å². The quantitative estimate of drug-likeness (QED) is 0.349. The standard InChI is InChI=1S/C26H22ClFN6OS/c27-21-11-19(5-6-22(21)28)32-24-20-12-23(36-26(20)31-15-30-24)25(35)33-18-7-9-34(10-8-18)14-17-3-1-16(13-29)2-4-17/h1-6,11-12,15,18H,7-10,14H2,(H,33,35)(H,30,31,32). The van der Waals surface area contributed by atoms with Crippen molar-refractivity contribution in [1.29, 1.82) is 5.26 Å². The molecular formula is C26H22ClFN6OS. The van der Waals surface area contributed by atoms with Crippen LogP contribution in [0.1, 0.15) is 33.6 Å². The summed E-state index contributed by atoms with van der Waals surface area (Å²) in [6.45, 7) is 2.60. The predicted octanol–water partition coefficient (Wildman–Crippen LogP) is 5.49. The van der Waals surface area contributed by atoms with Crippen LogP contribution in [0.2, 0.25) is 5.02 Å². The molecule has 4 aromatic rings. The molecule has 0 radical (unpaired) electrons. The fraction of sp³-hybridized carbons (Fsp3) is 0.231. The number of hydrogen-bond acceptors (Lipinski definition) is 7. The highest BCUT2D eigenvalue weighted by Gasteiger charge is 2.23. The molecule has 2 aromatic heterocycles. The number of anilines is 2. The van der Waals surface area contributed by atoms with E-state index in [0.29, 0.717) is 32.2 Å². The number of piperidine rings is 1. The van der Waals surface area contributed by atoms with Crippen LogP contribution in [0.15, 0.2) is 54.9 Å². The summed E-state index contributed by atoms with van der Waals surface area (Å²) < 4.78 is 13.5. The van der Waals surface area contributed by atoms with Gasteiger partial charge in [-0.2, -0.15) is 5.26 Å². The maximum absolute atomic E-state index is 13.5. The van der Waals surface area contributed by atoms with E-state index in [1.807, 2.05) is 24.3 Å². The van der Waals surface area contributed by atoms with Gasteiger partial charge in [-0.25, -0.2) is 14.4 Å². The summed E-state index contributed by atoms with van der Waals surface area (Å²) in [6, 6.07) is 16.0. The van der Waals surface area contributed by atoms with Gasteiger partial charge in [0.1, 0.15) is 22.8 Å². The summed E-state index contributed by atoms with van der Waals surface area (Å²) in [5.41, 5.74) is 2.43. The summed E-state index contributed by atoms with van der Waals surface area (Å²) >= 11 is 7.19. The average molecular weight is 521 g/mol. The second kappa shape index (κ2) is 10.6. The number of thiophene rings is 1. The van der Waals surface area contributed by atoms with E-state index in [2.05, 4.69) is 31.6 Å². The Hall–Kier alpha value is -3.58. The molecule has 3 heterocycles. The van der Waals surface area contributed by atoms with Crippen molar-refractivity contribution in [2.24, 2.45) is 0 Å². The maximum atomic E-state index is 13.5. The number of halogens is 2. The van der Waals surface area contributed by atoms with Crippen LogP contribution < -0.4 is 10.6 Å². The topological polar surface area (TPSA) is 93.9 Å². The lowest BCUT2D eigenvalue weighted by Gasteiger charge is -2.32. The van der Waals surface area contributed by atoms with Gasteiger partial charge in [0.15, 0.2) is 0 Å². The Morgan fingerprint density at radius 1 is 1.17 bits per heavy atom. The van der Waals surface area contributed by atoms with Gasteiger partial charge in [-0.3, -0.25) is 9.69 Å². The minimum absolute atomic E-state index is 0.0126. The highest BCUT2D eigenvalue weighted by Crippen LogP contribution is 2.31. The number of carbonyl (C=O) groups is 1. The highest BCUT2D eigenvalue weighted by atomic mass is 35.5. The lowest BCUT2D eigenvalue weighted by Crippen LogP contribution is -2.44. The molecular weight excluding hydrogens is 499 g/mol. The van der Waals surface area contributed by atoms with Crippen LogP contribution in [0.25, 0.3) is 10.2 Å². The number of nitrogens with one attached hydrogen (secondary N) is 2. The van der Waals surface area contributed by atoms with Crippen molar-refractivity contribution < 1.29 is 9.18 Å². The van der Waals surface area contributed by atoms with Gasteiger partial charge in [0.25, 0.3) is 5.91 Å². The van der Waals surface area contributed by atoms with E-state index >= 15 is 0 Å². The molecule has 1 aliphatic rings. The summed E-state index contributed by atoms with van der Waals surface area (Å²) in [4.78, 5) is 25.2. The summed E-state index contributed by atoms with van der Waals surface area (Å²) in [7, 11) is 0. The Kier molecular flexibility index (Phi) is 7.09. The van der Waals surface area contributed by atoms with Crippen molar-refractivity contribution in [2.75, 3.05) is 18.4 Å². The zero-order chi connectivity index (χ0) is 25.1. The normalized spacial score (nSPS) is 14.5. The molecule has 2 aromatic carbocycles. The van der Waals surface area contributed by atoms with E-state index < -0.39 is 5.82 Å². The second-order valence-corrected chi connectivity index (χ2v) is 10.1. The molecule has 0 saturated carbocycles. The maximum Gasteiger partial charge on any atom is 0.261 e. The smallest absolute Gasteiger partial charge is 0.261 e. The highest BCUT2D eigenvalue weighted by molar-refractivity contribution is 7.20. The Bertz CT molecular complexity index is 1440. The van der Waals surface area contributed by atoms with Gasteiger partial charge < -0.3 is 10.6 Å². The van der Waals surface area contributed by atoms with Crippen LogP contribution in [0.4, 0.5) is 15.9 Å². The van der Waals surface area contributed by atoms with Crippen LogP contribution in [-0.4, -0.2) is 39.9 Å². The zero-order valence-electron chi connectivity index (χ0n) is 19.2. The number of likely N-dealkylation sites (tertiary alicyclic amines) is 1. The number of nitrogens with zero attached hydrogens (tertiary/aromatic N) is 4. The van der Waals surface area contributed by atoms with E-state index in [1.54, 1.807) is 12.1 Å². The lowest BCUT2D eigenvalue weighted by molar-refractivity contribution is 0.0913. The Labute approximate surface area is 216 Å². The number of benzene rings is 2. The number of nitriles is 1. The van der Waals surface area contributed by atoms with Gasteiger partial charge in [-0.05, 0) is 54.8 Å². The number of rotatable bonds is 6. The Morgan fingerprint density at radius 3 is 2.67 bits per heavy atom. The molecule has 10 heteroatoms. The Morgan fingerprint density at radius 2 is 1.94 bits per heavy atom. The van der Waals surface area contributed by atoms with E-state index in [0.717, 1.165) is 32.5 Å². The molecule has 1 amide bonds. The first-order chi connectivity index (χ1) is 17.5. The molecule has 182 valence electrons. The summed E-state index contributed by atoms with van der Waals surface area (Å²) in [5.74, 6) is -0.0990. The van der Waals surface area contributed by atoms with Gasteiger partial charge >= 0.3 is 0 Å². The monoisotopic (exact) mass is 520 g/mol. The number of aromatic nitrogens is 2. The molecule has 2 N–H and O–H groups in total. The van der Waals surface area contributed by atoms with Crippen LogP contribution in [0.3, 0.4) is 0 Å². The molecule has 5 rings (SSSR count). The van der Waals surface area contributed by atoms with Gasteiger partial charge in [-0.1, -0.05) is 23.7 Å². The largest absolute Gasteiger partial charge is 0.349 e. The zero-order valence-corrected chi connectivity index (χ0v) is 20.7. The first-order valence-corrected chi connectivity index (χ1v) is 12.7. The number of carbonyl (C=O) groups excluding carboxylic acids is 1. The van der Waals surface area contributed by atoms with Crippen molar-refractivity contribution in [1.82, 2.24) is 20.2 Å². The molecule has 0 bridgehead atoms. The number of amides is 1. The molecule has 36 heavy (non-hydrogen) atoms. The molecule has 0 spiro atoms. The minimum atomic E-state index is -0.496. The Balaban J connectivity index is 1.20. The van der Waals surface area contributed by atoms with E-state index in [9.17, 15) is 9.18 Å². The fourth-order valence-electron chi connectivity index (χ4n) is 4.21. The first kappa shape index (κ1) is 24.1. The molecule has 0 atom stereocenters. The van der Waals surface area contributed by atoms with Crippen molar-refractivity contribution in [3.8, 4) is 6.07 Å². The second-order valence-electron chi connectivity index (χ2n) is 8.64. The fourth-order valence-corrected chi connectivity index (χ4v) is 5.30. The third-order valence-corrected chi connectivity index (χ3v) is 7.48. The molecule has 1 fully saturated rings. The van der Waals surface area contributed by atoms with Crippen molar-refractivity contribution in [3.63, 3.8) is 0 Å². The molecule has 0 unspecified atom stereocenters. The van der Waals surface area contributed by atoms with Crippen LogP contribution >= 0.6 is 22.9 Å². The lowest BCUT2D eigenvalue weighted by atomic mass is 10.0. The number of hydrogen-bond donors (Lipinski definition) is 2. The van der Waals surface area contributed by atoms with E-state index in [-0.39, 0.29) is 17.0 Å². The summed E-state index contributed by atoms with van der Waals surface area (Å²) in [5, 5.41) is 16.0. The molecule has 1 aliphatic heterocycles. The van der Waals surface area contributed by atoms with Crippen LogP contribution in [0.5, 0.6) is 0 Å². The van der Waals surface area contributed by atoms with E-state index in [4.69, 9.17) is 16.9 Å². The van der Waals surface area contributed by atoms with Gasteiger partial charge in [-0.15, -0.1) is 11.3 Å². The molecule has 7 nitrogen and oxygen atoms in total. The van der Waals surface area contributed by atoms with Gasteiger partial charge in [0.2, 0.25) is 0 Å². The third kappa shape index (κ3) is 5.46. The third-order valence-electron chi connectivity index (χ3n) is 6.15. The predicted molar refractivity (Wildman–Crippen MR) is 139 cm³/mol. The number of fused-ring (bicyclic) bond motifs is 1. The SMILES string of the molecule is N#Cc1ccc(CN2CCC(NC(=O)c3cc4c(Nc5ccc(F)c(Cl)c5)ncnc4s3)CC2)cc1. The van der Waals surface area contributed by atoms with Gasteiger partial charge in [0.05, 0.1) is 26.9 Å². The van der Waals surface area contributed by atoms with E-state index in [1.165, 1.54) is 35.4 Å². The van der Waals surface area contributed by atoms with Crippen molar-refractivity contribution in [2.45, 2.75) is 25.4 Å². The first-order valence-electron chi connectivity index (χ1n) is 11.5. The molecule has 1 saturated heterocycles. The van der Waals surface area contributed by atoms with Gasteiger partial charge in [0, 0.05) is 31.4 Å². The summed E-state index contributed by atoms with van der Waals surface area (Å²) in [6.07, 6.45) is 3.16. The van der Waals surface area contributed by atoms with Crippen molar-refractivity contribution in [3.05, 3.63) is 81.7 Å². The van der Waals surface area contributed by atoms with Crippen molar-refractivity contribution >= 4 is 50.6 Å². The average Bonchev–Trinajstić information content (AvgIpc) is 3.34. The van der Waals surface area contributed by atoms with Crippen LogP contribution in [0, 0.1) is 17.1 Å². The molecule has 0 aliphatic carbocycles.